The highest BCUT2D eigenvalue weighted by Gasteiger charge is 2.23. The van der Waals surface area contributed by atoms with Gasteiger partial charge in [-0.2, -0.15) is 22.5 Å². The molecule has 0 radical (unpaired) electrons. The van der Waals surface area contributed by atoms with Gasteiger partial charge in [-0.05, 0) is 24.6 Å². The normalized spacial score (nSPS) is 14.4. The first-order chi connectivity index (χ1) is 11.0. The summed E-state index contributed by atoms with van der Waals surface area (Å²) in [5, 5.41) is 2.29. The van der Waals surface area contributed by atoms with Crippen LogP contribution in [0.15, 0.2) is 24.3 Å². The standard InChI is InChI=1S/C15H11F4N3O/c16-11-13(12(17)15(19)21-14(11)18)20-8-3-1-4-9(7-8)22-6-2-5-10(22)23/h1,3-4,7H,2,5-6H2,(H,20,21). The van der Waals surface area contributed by atoms with Gasteiger partial charge in [0.1, 0.15) is 5.69 Å². The van der Waals surface area contributed by atoms with Gasteiger partial charge >= 0.3 is 0 Å². The fourth-order valence-corrected chi connectivity index (χ4v) is 2.41. The van der Waals surface area contributed by atoms with Gasteiger partial charge in [0.25, 0.3) is 11.9 Å². The summed E-state index contributed by atoms with van der Waals surface area (Å²) in [6, 6.07) is 6.15. The van der Waals surface area contributed by atoms with Crippen molar-refractivity contribution < 1.29 is 22.4 Å². The molecule has 1 aliphatic rings. The van der Waals surface area contributed by atoms with Gasteiger partial charge in [-0.1, -0.05) is 6.07 Å². The lowest BCUT2D eigenvalue weighted by Crippen LogP contribution is -2.23. The number of aromatic nitrogens is 1. The molecule has 1 aliphatic heterocycles. The molecular weight excluding hydrogens is 314 g/mol. The second-order valence-electron chi connectivity index (χ2n) is 5.02. The largest absolute Gasteiger partial charge is 0.350 e. The second-order valence-corrected chi connectivity index (χ2v) is 5.02. The third-order valence-corrected chi connectivity index (χ3v) is 3.50. The van der Waals surface area contributed by atoms with Crippen molar-refractivity contribution in [2.24, 2.45) is 0 Å². The van der Waals surface area contributed by atoms with E-state index in [2.05, 4.69) is 10.3 Å². The van der Waals surface area contributed by atoms with Crippen LogP contribution < -0.4 is 10.2 Å². The third-order valence-electron chi connectivity index (χ3n) is 3.50. The Morgan fingerprint density at radius 3 is 2.39 bits per heavy atom. The molecule has 0 aliphatic carbocycles. The number of hydrogen-bond acceptors (Lipinski definition) is 3. The van der Waals surface area contributed by atoms with Crippen molar-refractivity contribution in [1.82, 2.24) is 4.98 Å². The van der Waals surface area contributed by atoms with Crippen LogP contribution >= 0.6 is 0 Å². The molecule has 1 saturated heterocycles. The quantitative estimate of drug-likeness (QED) is 0.694. The molecular formula is C15H11F4N3O. The Kier molecular flexibility index (Phi) is 3.89. The molecule has 2 aromatic rings. The van der Waals surface area contributed by atoms with Crippen LogP contribution in [0.2, 0.25) is 0 Å². The zero-order chi connectivity index (χ0) is 16.6. The van der Waals surface area contributed by atoms with E-state index < -0.39 is 29.2 Å². The molecule has 1 aromatic heterocycles. The average Bonchev–Trinajstić information content (AvgIpc) is 2.96. The molecule has 0 atom stereocenters. The van der Waals surface area contributed by atoms with E-state index in [0.717, 1.165) is 6.42 Å². The molecule has 120 valence electrons. The number of anilines is 3. The Morgan fingerprint density at radius 2 is 1.78 bits per heavy atom. The molecule has 8 heteroatoms. The van der Waals surface area contributed by atoms with Crippen LogP contribution in [0.3, 0.4) is 0 Å². The molecule has 23 heavy (non-hydrogen) atoms. The Morgan fingerprint density at radius 1 is 1.09 bits per heavy atom. The van der Waals surface area contributed by atoms with Crippen LogP contribution in [0, 0.1) is 23.5 Å². The van der Waals surface area contributed by atoms with Crippen LogP contribution in [-0.4, -0.2) is 17.4 Å². The van der Waals surface area contributed by atoms with E-state index in [4.69, 9.17) is 0 Å². The van der Waals surface area contributed by atoms with Crippen LogP contribution in [-0.2, 0) is 4.79 Å². The predicted octanol–water partition coefficient (Wildman–Crippen LogP) is 3.51. The first kappa shape index (κ1) is 15.3. The molecule has 1 N–H and O–H groups in total. The summed E-state index contributed by atoms with van der Waals surface area (Å²) in [6.07, 6.45) is 1.15. The van der Waals surface area contributed by atoms with E-state index in [9.17, 15) is 22.4 Å². The monoisotopic (exact) mass is 325 g/mol. The van der Waals surface area contributed by atoms with Gasteiger partial charge in [-0.25, -0.2) is 0 Å². The highest BCUT2D eigenvalue weighted by atomic mass is 19.2. The van der Waals surface area contributed by atoms with Crippen LogP contribution in [0.25, 0.3) is 0 Å². The van der Waals surface area contributed by atoms with Gasteiger partial charge < -0.3 is 10.2 Å². The molecule has 2 heterocycles. The van der Waals surface area contributed by atoms with Gasteiger partial charge in [-0.3, -0.25) is 4.79 Å². The minimum absolute atomic E-state index is 0.0551. The van der Waals surface area contributed by atoms with Gasteiger partial charge in [-0.15, -0.1) is 0 Å². The Balaban J connectivity index is 1.94. The number of pyridine rings is 1. The fraction of sp³-hybridized carbons (Fsp3) is 0.200. The summed E-state index contributed by atoms with van der Waals surface area (Å²) in [7, 11) is 0. The van der Waals surface area contributed by atoms with Crippen LogP contribution in [0.5, 0.6) is 0 Å². The second kappa shape index (κ2) is 5.86. The Labute approximate surface area is 128 Å². The number of benzene rings is 1. The zero-order valence-corrected chi connectivity index (χ0v) is 11.7. The summed E-state index contributed by atoms with van der Waals surface area (Å²) in [6.45, 7) is 0.545. The van der Waals surface area contributed by atoms with Crippen LogP contribution in [0.1, 0.15) is 12.8 Å². The number of rotatable bonds is 3. The van der Waals surface area contributed by atoms with E-state index >= 15 is 0 Å². The molecule has 1 aromatic carbocycles. The Bertz CT molecular complexity index is 755. The third kappa shape index (κ3) is 2.84. The van der Waals surface area contributed by atoms with E-state index in [1.54, 1.807) is 12.1 Å². The number of carbonyl (C=O) groups is 1. The number of halogens is 4. The van der Waals surface area contributed by atoms with Gasteiger partial charge in [0.2, 0.25) is 17.5 Å². The van der Waals surface area contributed by atoms with Crippen molar-refractivity contribution in [3.8, 4) is 0 Å². The lowest BCUT2D eigenvalue weighted by Gasteiger charge is -2.17. The number of nitrogens with zero attached hydrogens (tertiary/aromatic N) is 2. The molecule has 0 bridgehead atoms. The highest BCUT2D eigenvalue weighted by molar-refractivity contribution is 5.95. The molecule has 1 fully saturated rings. The number of carbonyl (C=O) groups excluding carboxylic acids is 1. The van der Waals surface area contributed by atoms with E-state index in [-0.39, 0.29) is 11.6 Å². The lowest BCUT2D eigenvalue weighted by molar-refractivity contribution is -0.117. The summed E-state index contributed by atoms with van der Waals surface area (Å²) in [4.78, 5) is 15.7. The molecule has 4 nitrogen and oxygen atoms in total. The zero-order valence-electron chi connectivity index (χ0n) is 11.7. The first-order valence-corrected chi connectivity index (χ1v) is 6.85. The molecule has 0 spiro atoms. The maximum absolute atomic E-state index is 13.6. The van der Waals surface area contributed by atoms with Crippen molar-refractivity contribution in [3.05, 3.63) is 47.8 Å². The SMILES string of the molecule is O=C1CCCN1c1cccc(Nc2c(F)c(F)nc(F)c2F)c1. The summed E-state index contributed by atoms with van der Waals surface area (Å²) in [5.74, 6) is -6.77. The molecule has 1 amide bonds. The van der Waals surface area contributed by atoms with Crippen molar-refractivity contribution >= 4 is 23.0 Å². The maximum Gasteiger partial charge on any atom is 0.253 e. The highest BCUT2D eigenvalue weighted by Crippen LogP contribution is 2.29. The van der Waals surface area contributed by atoms with E-state index in [0.29, 0.717) is 18.7 Å². The van der Waals surface area contributed by atoms with E-state index in [1.807, 2.05) is 0 Å². The van der Waals surface area contributed by atoms with Crippen molar-refractivity contribution in [2.45, 2.75) is 12.8 Å². The van der Waals surface area contributed by atoms with Crippen molar-refractivity contribution in [1.29, 1.82) is 0 Å². The lowest BCUT2D eigenvalue weighted by atomic mass is 10.2. The smallest absolute Gasteiger partial charge is 0.253 e. The van der Waals surface area contributed by atoms with E-state index in [1.165, 1.54) is 17.0 Å². The topological polar surface area (TPSA) is 45.2 Å². The molecule has 0 unspecified atom stereocenters. The minimum atomic E-state index is -1.74. The average molecular weight is 325 g/mol. The van der Waals surface area contributed by atoms with Gasteiger partial charge in [0.05, 0.1) is 0 Å². The number of amides is 1. The number of nitrogens with one attached hydrogen (secondary N) is 1. The van der Waals surface area contributed by atoms with Crippen molar-refractivity contribution in [2.75, 3.05) is 16.8 Å². The Hall–Kier alpha value is -2.64. The van der Waals surface area contributed by atoms with Crippen molar-refractivity contribution in [3.63, 3.8) is 0 Å². The molecule has 3 rings (SSSR count). The fourth-order valence-electron chi connectivity index (χ4n) is 2.41. The van der Waals surface area contributed by atoms with Gasteiger partial charge in [0, 0.05) is 24.3 Å². The maximum atomic E-state index is 13.6. The molecule has 0 saturated carbocycles. The predicted molar refractivity (Wildman–Crippen MR) is 75.4 cm³/mol. The summed E-state index contributed by atoms with van der Waals surface area (Å²) in [5.41, 5.74) is -0.252. The van der Waals surface area contributed by atoms with Gasteiger partial charge in [0.15, 0.2) is 0 Å². The minimum Gasteiger partial charge on any atom is -0.350 e. The van der Waals surface area contributed by atoms with Crippen LogP contribution in [0.4, 0.5) is 34.6 Å². The summed E-state index contributed by atoms with van der Waals surface area (Å²) < 4.78 is 53.5. The first-order valence-electron chi connectivity index (χ1n) is 6.85. The number of hydrogen-bond donors (Lipinski definition) is 1. The summed E-state index contributed by atoms with van der Waals surface area (Å²) >= 11 is 0.